The van der Waals surface area contributed by atoms with Crippen molar-refractivity contribution in [2.24, 2.45) is 5.41 Å². The monoisotopic (exact) mass is 320 g/mol. The second-order valence-electron chi connectivity index (χ2n) is 6.56. The molecule has 2 aromatic rings. The van der Waals surface area contributed by atoms with Crippen LogP contribution in [0, 0.1) is 5.41 Å². The number of hydrogen-bond acceptors (Lipinski definition) is 4. The third-order valence-corrected chi connectivity index (χ3v) is 3.40. The molecule has 0 radical (unpaired) electrons. The number of aromatic amines is 1. The van der Waals surface area contributed by atoms with Crippen molar-refractivity contribution in [2.45, 2.75) is 33.6 Å². The first-order chi connectivity index (χ1) is 10.7. The SMILES string of the molecule is CC(C)(C)CCc1cc(=O)c(C(=O)NCC(=O)O)c2nc[nH]n12. The normalized spacial score (nSPS) is 11.6. The van der Waals surface area contributed by atoms with Crippen LogP contribution in [-0.4, -0.2) is 38.1 Å². The zero-order valence-electron chi connectivity index (χ0n) is 13.3. The van der Waals surface area contributed by atoms with Gasteiger partial charge in [0.25, 0.3) is 5.91 Å². The number of nitrogens with one attached hydrogen (secondary N) is 2. The van der Waals surface area contributed by atoms with E-state index in [0.717, 1.165) is 12.1 Å². The van der Waals surface area contributed by atoms with Crippen molar-refractivity contribution in [1.29, 1.82) is 0 Å². The van der Waals surface area contributed by atoms with Gasteiger partial charge in [0.1, 0.15) is 18.4 Å². The Morgan fingerprint density at radius 3 is 2.70 bits per heavy atom. The predicted molar refractivity (Wildman–Crippen MR) is 83.6 cm³/mol. The topological polar surface area (TPSA) is 117 Å². The lowest BCUT2D eigenvalue weighted by Gasteiger charge is -2.18. The molecule has 0 spiro atoms. The number of rotatable bonds is 5. The van der Waals surface area contributed by atoms with Crippen LogP contribution in [0.25, 0.3) is 5.65 Å². The van der Waals surface area contributed by atoms with E-state index in [4.69, 9.17) is 5.11 Å². The maximum Gasteiger partial charge on any atom is 0.322 e. The molecule has 8 nitrogen and oxygen atoms in total. The molecule has 0 atom stereocenters. The summed E-state index contributed by atoms with van der Waals surface area (Å²) in [5.74, 6) is -1.93. The van der Waals surface area contributed by atoms with E-state index in [0.29, 0.717) is 6.42 Å². The van der Waals surface area contributed by atoms with Crippen molar-refractivity contribution in [2.75, 3.05) is 6.54 Å². The maximum atomic E-state index is 12.3. The Bertz CT molecular complexity index is 798. The average molecular weight is 320 g/mol. The zero-order valence-corrected chi connectivity index (χ0v) is 13.3. The molecule has 0 aromatic carbocycles. The van der Waals surface area contributed by atoms with Gasteiger partial charge in [0.2, 0.25) is 0 Å². The highest BCUT2D eigenvalue weighted by molar-refractivity contribution is 6.00. The van der Waals surface area contributed by atoms with E-state index < -0.39 is 23.9 Å². The molecule has 0 bridgehead atoms. The van der Waals surface area contributed by atoms with Crippen molar-refractivity contribution in [1.82, 2.24) is 19.9 Å². The fourth-order valence-electron chi connectivity index (χ4n) is 2.20. The van der Waals surface area contributed by atoms with E-state index in [1.165, 1.54) is 12.4 Å². The number of amides is 1. The second kappa shape index (κ2) is 6.23. The van der Waals surface area contributed by atoms with Crippen LogP contribution in [0.15, 0.2) is 17.2 Å². The zero-order chi connectivity index (χ0) is 17.2. The molecule has 0 saturated heterocycles. The number of nitrogens with zero attached hydrogens (tertiary/aromatic N) is 2. The fourth-order valence-corrected chi connectivity index (χ4v) is 2.20. The Morgan fingerprint density at radius 2 is 2.09 bits per heavy atom. The van der Waals surface area contributed by atoms with E-state index in [9.17, 15) is 14.4 Å². The minimum atomic E-state index is -1.18. The number of aromatic nitrogens is 3. The largest absolute Gasteiger partial charge is 0.480 e. The van der Waals surface area contributed by atoms with Gasteiger partial charge in [-0.3, -0.25) is 19.5 Å². The summed E-state index contributed by atoms with van der Waals surface area (Å²) in [7, 11) is 0. The molecule has 0 fully saturated rings. The van der Waals surface area contributed by atoms with Gasteiger partial charge in [-0.1, -0.05) is 20.8 Å². The van der Waals surface area contributed by atoms with Crippen LogP contribution in [0.2, 0.25) is 0 Å². The summed E-state index contributed by atoms with van der Waals surface area (Å²) in [6, 6.07) is 1.40. The standard InChI is InChI=1S/C15H20N4O4/c1-15(2,3)5-4-9-6-10(20)12(13-17-8-18-19(9)13)14(23)16-7-11(21)22/h6,8H,4-5,7H2,1-3H3,(H,16,23)(H,17,18)(H,21,22). The Kier molecular flexibility index (Phi) is 4.53. The first-order valence-corrected chi connectivity index (χ1v) is 7.27. The number of carbonyl (C=O) groups is 2. The van der Waals surface area contributed by atoms with Crippen molar-refractivity contribution in [3.05, 3.63) is 33.9 Å². The molecule has 0 aliphatic rings. The van der Waals surface area contributed by atoms with E-state index in [2.05, 4.69) is 36.2 Å². The van der Waals surface area contributed by atoms with Crippen LogP contribution in [0.4, 0.5) is 0 Å². The number of aliphatic carboxylic acids is 1. The Labute approximate surface area is 132 Å². The number of carboxylic acid groups (broad SMARTS) is 1. The lowest BCUT2D eigenvalue weighted by molar-refractivity contribution is -0.135. The molecule has 0 saturated carbocycles. The fraction of sp³-hybridized carbons (Fsp3) is 0.467. The molecule has 23 heavy (non-hydrogen) atoms. The van der Waals surface area contributed by atoms with E-state index in [1.54, 1.807) is 4.52 Å². The van der Waals surface area contributed by atoms with Gasteiger partial charge in [-0.2, -0.15) is 0 Å². The quantitative estimate of drug-likeness (QED) is 0.754. The van der Waals surface area contributed by atoms with Crippen LogP contribution in [-0.2, 0) is 11.2 Å². The summed E-state index contributed by atoms with van der Waals surface area (Å²) in [6.45, 7) is 5.76. The summed E-state index contributed by atoms with van der Waals surface area (Å²) in [4.78, 5) is 38.9. The number of carbonyl (C=O) groups excluding carboxylic acids is 1. The van der Waals surface area contributed by atoms with Crippen LogP contribution in [0.5, 0.6) is 0 Å². The van der Waals surface area contributed by atoms with Crippen LogP contribution < -0.4 is 10.7 Å². The van der Waals surface area contributed by atoms with Gasteiger partial charge in [-0.05, 0) is 18.3 Å². The second-order valence-corrected chi connectivity index (χ2v) is 6.56. The first-order valence-electron chi connectivity index (χ1n) is 7.27. The van der Waals surface area contributed by atoms with Gasteiger partial charge in [0.05, 0.1) is 0 Å². The molecule has 2 aromatic heterocycles. The molecule has 2 heterocycles. The number of hydrogen-bond donors (Lipinski definition) is 3. The molecule has 0 aliphatic heterocycles. The summed E-state index contributed by atoms with van der Waals surface area (Å²) in [5, 5.41) is 13.7. The summed E-state index contributed by atoms with van der Waals surface area (Å²) in [6.07, 6.45) is 2.90. The van der Waals surface area contributed by atoms with Gasteiger partial charge in [0, 0.05) is 11.8 Å². The minimum Gasteiger partial charge on any atom is -0.480 e. The molecule has 2 rings (SSSR count). The van der Waals surface area contributed by atoms with Gasteiger partial charge < -0.3 is 10.4 Å². The number of pyridine rings is 1. The Morgan fingerprint density at radius 1 is 1.39 bits per heavy atom. The number of aryl methyl sites for hydroxylation is 1. The van der Waals surface area contributed by atoms with Gasteiger partial charge >= 0.3 is 5.97 Å². The number of carboxylic acids is 1. The van der Waals surface area contributed by atoms with Gasteiger partial charge in [-0.15, -0.1) is 0 Å². The lowest BCUT2D eigenvalue weighted by atomic mass is 9.89. The molecule has 3 N–H and O–H groups in total. The lowest BCUT2D eigenvalue weighted by Crippen LogP contribution is -2.33. The van der Waals surface area contributed by atoms with E-state index >= 15 is 0 Å². The van der Waals surface area contributed by atoms with Crippen LogP contribution >= 0.6 is 0 Å². The Balaban J connectivity index is 2.40. The van der Waals surface area contributed by atoms with Crippen LogP contribution in [0.3, 0.4) is 0 Å². The molecule has 124 valence electrons. The van der Waals surface area contributed by atoms with E-state index in [-0.39, 0.29) is 16.6 Å². The van der Waals surface area contributed by atoms with Gasteiger partial charge in [-0.25, -0.2) is 9.50 Å². The van der Waals surface area contributed by atoms with Crippen molar-refractivity contribution < 1.29 is 14.7 Å². The predicted octanol–water partition coefficient (Wildman–Crippen LogP) is 0.816. The van der Waals surface area contributed by atoms with Gasteiger partial charge in [0.15, 0.2) is 11.1 Å². The third kappa shape index (κ3) is 3.97. The van der Waals surface area contributed by atoms with E-state index in [1.807, 2.05) is 0 Å². The van der Waals surface area contributed by atoms with Crippen molar-refractivity contribution in [3.8, 4) is 0 Å². The molecular formula is C15H20N4O4. The molecule has 0 aliphatic carbocycles. The molecule has 0 unspecified atom stereocenters. The Hall–Kier alpha value is -2.64. The minimum absolute atomic E-state index is 0.105. The highest BCUT2D eigenvalue weighted by atomic mass is 16.4. The average Bonchev–Trinajstić information content (AvgIpc) is 2.90. The summed E-state index contributed by atoms with van der Waals surface area (Å²) < 4.78 is 1.59. The molecule has 1 amide bonds. The number of fused-ring (bicyclic) bond motifs is 1. The highest BCUT2D eigenvalue weighted by Gasteiger charge is 2.20. The summed E-state index contributed by atoms with van der Waals surface area (Å²) in [5.41, 5.74) is 0.403. The smallest absolute Gasteiger partial charge is 0.322 e. The molecule has 8 heteroatoms. The first kappa shape index (κ1) is 16.7. The van der Waals surface area contributed by atoms with Crippen molar-refractivity contribution in [3.63, 3.8) is 0 Å². The maximum absolute atomic E-state index is 12.3. The third-order valence-electron chi connectivity index (χ3n) is 3.40. The summed E-state index contributed by atoms with van der Waals surface area (Å²) >= 11 is 0. The molecular weight excluding hydrogens is 300 g/mol. The highest BCUT2D eigenvalue weighted by Crippen LogP contribution is 2.21. The number of H-pyrrole nitrogens is 1. The van der Waals surface area contributed by atoms with Crippen LogP contribution in [0.1, 0.15) is 43.2 Å². The van der Waals surface area contributed by atoms with Crippen molar-refractivity contribution >= 4 is 17.5 Å².